The molecule has 1 rings (SSSR count). The van der Waals surface area contributed by atoms with Crippen LogP contribution in [0.5, 0.6) is 0 Å². The van der Waals surface area contributed by atoms with E-state index in [2.05, 4.69) is 0 Å². The first-order valence-electron chi connectivity index (χ1n) is 3.22. The van der Waals surface area contributed by atoms with E-state index in [0.717, 1.165) is 5.56 Å². The molecule has 53 valence electrons. The molecule has 0 spiro atoms. The Morgan fingerprint density at radius 2 is 2.20 bits per heavy atom. The van der Waals surface area contributed by atoms with Crippen LogP contribution in [0.25, 0.3) is 0 Å². The molecular formula is C8H9FN. The molecule has 0 fully saturated rings. The van der Waals surface area contributed by atoms with Gasteiger partial charge >= 0.3 is 0 Å². The summed E-state index contributed by atoms with van der Waals surface area (Å²) >= 11 is 0. The molecule has 0 aliphatic carbocycles. The van der Waals surface area contributed by atoms with Crippen molar-refractivity contribution in [2.45, 2.75) is 6.42 Å². The van der Waals surface area contributed by atoms with Crippen LogP contribution in [0, 0.1) is 5.82 Å². The second-order valence-corrected chi connectivity index (χ2v) is 2.13. The van der Waals surface area contributed by atoms with Crippen molar-refractivity contribution < 1.29 is 4.39 Å². The molecule has 0 amide bonds. The number of hydrogen-bond acceptors (Lipinski definition) is 0. The SMILES string of the molecule is [NH]CCc1cccc(F)c1. The van der Waals surface area contributed by atoms with E-state index in [0.29, 0.717) is 13.0 Å². The minimum atomic E-state index is -0.217. The summed E-state index contributed by atoms with van der Waals surface area (Å²) in [7, 11) is 0. The van der Waals surface area contributed by atoms with Crippen molar-refractivity contribution in [1.82, 2.24) is 5.73 Å². The maximum absolute atomic E-state index is 12.4. The molecule has 10 heavy (non-hydrogen) atoms. The summed E-state index contributed by atoms with van der Waals surface area (Å²) in [5.74, 6) is -0.217. The third-order valence-corrected chi connectivity index (χ3v) is 1.30. The zero-order valence-corrected chi connectivity index (χ0v) is 5.60. The van der Waals surface area contributed by atoms with E-state index in [4.69, 9.17) is 5.73 Å². The maximum Gasteiger partial charge on any atom is 0.123 e. The lowest BCUT2D eigenvalue weighted by Crippen LogP contribution is -1.91. The average molecular weight is 138 g/mol. The Kier molecular flexibility index (Phi) is 2.40. The molecule has 1 N–H and O–H groups in total. The van der Waals surface area contributed by atoms with Gasteiger partial charge in [0.1, 0.15) is 5.82 Å². The molecule has 0 aromatic heterocycles. The molecular weight excluding hydrogens is 129 g/mol. The Morgan fingerprint density at radius 1 is 1.40 bits per heavy atom. The van der Waals surface area contributed by atoms with Gasteiger partial charge in [-0.1, -0.05) is 12.1 Å². The third-order valence-electron chi connectivity index (χ3n) is 1.30. The van der Waals surface area contributed by atoms with Crippen LogP contribution in [0.3, 0.4) is 0 Å². The van der Waals surface area contributed by atoms with Crippen LogP contribution < -0.4 is 5.73 Å². The maximum atomic E-state index is 12.4. The molecule has 0 bridgehead atoms. The standard InChI is InChI=1S/C8H9FN/c9-8-3-1-2-7(6-8)4-5-10/h1-3,6,10H,4-5H2. The van der Waals surface area contributed by atoms with Crippen LogP contribution in [-0.2, 0) is 6.42 Å². The topological polar surface area (TPSA) is 23.8 Å². The van der Waals surface area contributed by atoms with Gasteiger partial charge in [-0.25, -0.2) is 4.39 Å². The number of rotatable bonds is 2. The molecule has 1 radical (unpaired) electrons. The predicted molar refractivity (Wildman–Crippen MR) is 38.1 cm³/mol. The van der Waals surface area contributed by atoms with Crippen LogP contribution in [0.1, 0.15) is 5.56 Å². The van der Waals surface area contributed by atoms with E-state index < -0.39 is 0 Å². The Bertz CT molecular complexity index is 210. The molecule has 1 nitrogen and oxygen atoms in total. The summed E-state index contributed by atoms with van der Waals surface area (Å²) in [4.78, 5) is 0. The summed E-state index contributed by atoms with van der Waals surface area (Å²) < 4.78 is 12.4. The van der Waals surface area contributed by atoms with E-state index >= 15 is 0 Å². The highest BCUT2D eigenvalue weighted by atomic mass is 19.1. The van der Waals surface area contributed by atoms with Gasteiger partial charge < -0.3 is 0 Å². The van der Waals surface area contributed by atoms with Gasteiger partial charge in [0.05, 0.1) is 0 Å². The molecule has 0 saturated carbocycles. The first kappa shape index (κ1) is 7.22. The average Bonchev–Trinajstić information content (AvgIpc) is 1.88. The van der Waals surface area contributed by atoms with Crippen LogP contribution in [-0.4, -0.2) is 6.54 Å². The number of hydrogen-bond donors (Lipinski definition) is 0. The van der Waals surface area contributed by atoms with Gasteiger partial charge in [0.25, 0.3) is 0 Å². The molecule has 0 heterocycles. The van der Waals surface area contributed by atoms with E-state index in [1.54, 1.807) is 6.07 Å². The summed E-state index contributed by atoms with van der Waals surface area (Å²) in [6, 6.07) is 6.37. The van der Waals surface area contributed by atoms with Crippen LogP contribution in [0.4, 0.5) is 4.39 Å². The number of halogens is 1. The molecule has 1 aromatic carbocycles. The second kappa shape index (κ2) is 3.32. The van der Waals surface area contributed by atoms with Crippen molar-refractivity contribution in [3.8, 4) is 0 Å². The summed E-state index contributed by atoms with van der Waals surface area (Å²) in [5.41, 5.74) is 7.79. The van der Waals surface area contributed by atoms with Crippen molar-refractivity contribution in [2.75, 3.05) is 6.54 Å². The van der Waals surface area contributed by atoms with Gasteiger partial charge in [-0.15, -0.1) is 0 Å². The third kappa shape index (κ3) is 1.81. The minimum Gasteiger partial charge on any atom is -0.258 e. The van der Waals surface area contributed by atoms with Gasteiger partial charge in [-0.05, 0) is 24.1 Å². The van der Waals surface area contributed by atoms with Gasteiger partial charge in [0.2, 0.25) is 0 Å². The first-order chi connectivity index (χ1) is 4.83. The minimum absolute atomic E-state index is 0.217. The lowest BCUT2D eigenvalue weighted by Gasteiger charge is -1.95. The fraction of sp³-hybridized carbons (Fsp3) is 0.250. The van der Waals surface area contributed by atoms with E-state index in [1.165, 1.54) is 12.1 Å². The molecule has 0 atom stereocenters. The molecule has 0 aliphatic heterocycles. The summed E-state index contributed by atoms with van der Waals surface area (Å²) in [5, 5.41) is 0. The first-order valence-corrected chi connectivity index (χ1v) is 3.22. The zero-order chi connectivity index (χ0) is 7.40. The van der Waals surface area contributed by atoms with Crippen LogP contribution >= 0.6 is 0 Å². The van der Waals surface area contributed by atoms with E-state index in [9.17, 15) is 4.39 Å². The van der Waals surface area contributed by atoms with Crippen LogP contribution in [0.2, 0.25) is 0 Å². The van der Waals surface area contributed by atoms with E-state index in [1.807, 2.05) is 6.07 Å². The second-order valence-electron chi connectivity index (χ2n) is 2.13. The lowest BCUT2D eigenvalue weighted by atomic mass is 10.1. The predicted octanol–water partition coefficient (Wildman–Crippen LogP) is 1.65. The number of benzene rings is 1. The van der Waals surface area contributed by atoms with Gasteiger partial charge in [0.15, 0.2) is 0 Å². The van der Waals surface area contributed by atoms with E-state index in [-0.39, 0.29) is 5.82 Å². The lowest BCUT2D eigenvalue weighted by molar-refractivity contribution is 0.625. The quantitative estimate of drug-likeness (QED) is 0.593. The van der Waals surface area contributed by atoms with Gasteiger partial charge in [-0.2, -0.15) is 0 Å². The van der Waals surface area contributed by atoms with Crippen LogP contribution in [0.15, 0.2) is 24.3 Å². The number of nitrogens with one attached hydrogen (secondary N) is 1. The molecule has 1 aromatic rings. The molecule has 0 unspecified atom stereocenters. The Balaban J connectivity index is 2.75. The van der Waals surface area contributed by atoms with Gasteiger partial charge in [0, 0.05) is 6.54 Å². The van der Waals surface area contributed by atoms with Gasteiger partial charge in [-0.3, -0.25) is 5.73 Å². The van der Waals surface area contributed by atoms with Crippen molar-refractivity contribution in [3.05, 3.63) is 35.6 Å². The largest absolute Gasteiger partial charge is 0.258 e. The summed E-state index contributed by atoms with van der Waals surface area (Å²) in [6.45, 7) is 0.323. The Hall–Kier alpha value is -0.890. The smallest absolute Gasteiger partial charge is 0.123 e. The summed E-state index contributed by atoms with van der Waals surface area (Å²) in [6.07, 6.45) is 0.637. The molecule has 2 heteroatoms. The fourth-order valence-corrected chi connectivity index (χ4v) is 0.837. The zero-order valence-electron chi connectivity index (χ0n) is 5.60. The Labute approximate surface area is 59.7 Å². The molecule has 0 aliphatic rings. The van der Waals surface area contributed by atoms with Crippen molar-refractivity contribution in [3.63, 3.8) is 0 Å². The highest BCUT2D eigenvalue weighted by Gasteiger charge is 1.91. The van der Waals surface area contributed by atoms with Crippen molar-refractivity contribution in [1.29, 1.82) is 0 Å². The molecule has 0 saturated heterocycles. The van der Waals surface area contributed by atoms with Crippen molar-refractivity contribution >= 4 is 0 Å². The highest BCUT2D eigenvalue weighted by Crippen LogP contribution is 2.02. The highest BCUT2D eigenvalue weighted by molar-refractivity contribution is 5.16. The monoisotopic (exact) mass is 138 g/mol. The van der Waals surface area contributed by atoms with Crippen molar-refractivity contribution in [2.24, 2.45) is 0 Å². The Morgan fingerprint density at radius 3 is 2.80 bits per heavy atom. The normalized spacial score (nSPS) is 9.80. The fourth-order valence-electron chi connectivity index (χ4n) is 0.837.